The quantitative estimate of drug-likeness (QED) is 0.380. The van der Waals surface area contributed by atoms with Gasteiger partial charge in [0.2, 0.25) is 0 Å². The molecule has 4 nitrogen and oxygen atoms in total. The first-order valence-electron chi connectivity index (χ1n) is 8.61. The topological polar surface area (TPSA) is 41.4 Å². The average molecular weight is 456 g/mol. The molecule has 0 spiro atoms. The van der Waals surface area contributed by atoms with Gasteiger partial charge in [0, 0.05) is 37.4 Å². The maximum atomic E-state index is 13.1. The van der Waals surface area contributed by atoms with E-state index in [0.29, 0.717) is 0 Å². The van der Waals surface area contributed by atoms with Crippen LogP contribution in [-0.4, -0.2) is 30.2 Å². The Morgan fingerprint density at radius 1 is 1.16 bits per heavy atom. The van der Waals surface area contributed by atoms with E-state index in [9.17, 15) is 4.39 Å². The molecule has 0 aliphatic heterocycles. The van der Waals surface area contributed by atoms with Crippen molar-refractivity contribution in [1.82, 2.24) is 15.2 Å². The first-order chi connectivity index (χ1) is 11.7. The van der Waals surface area contributed by atoms with E-state index in [4.69, 9.17) is 4.99 Å². The Morgan fingerprint density at radius 3 is 2.44 bits per heavy atom. The van der Waals surface area contributed by atoms with E-state index in [0.717, 1.165) is 45.0 Å². The lowest BCUT2D eigenvalue weighted by Crippen LogP contribution is -2.39. The molecule has 2 aromatic rings. The zero-order chi connectivity index (χ0) is 16.8. The van der Waals surface area contributed by atoms with Crippen LogP contribution < -0.4 is 10.6 Å². The first kappa shape index (κ1) is 19.8. The number of guanidine groups is 1. The molecule has 0 atom stereocenters. The smallest absolute Gasteiger partial charge is 0.191 e. The highest BCUT2D eigenvalue weighted by atomic mass is 127. The average Bonchev–Trinajstić information content (AvgIpc) is 3.20. The number of hydrogen-bond acceptors (Lipinski definition) is 1. The standard InChI is InChI=1S/C19H25FN4.HI/c1-2-21-18(22-11-14-24-12-3-4-13-24)23-15-19(9-10-19)16-5-7-17(20)8-6-16;/h3-8,12-13H,2,9-11,14-15H2,1H3,(H2,21,22,23);1H. The van der Waals surface area contributed by atoms with Crippen LogP contribution in [0.5, 0.6) is 0 Å². The van der Waals surface area contributed by atoms with E-state index < -0.39 is 0 Å². The summed E-state index contributed by atoms with van der Waals surface area (Å²) >= 11 is 0. The van der Waals surface area contributed by atoms with E-state index in [-0.39, 0.29) is 35.2 Å². The highest BCUT2D eigenvalue weighted by molar-refractivity contribution is 14.0. The molecule has 136 valence electrons. The van der Waals surface area contributed by atoms with Gasteiger partial charge in [0.1, 0.15) is 5.82 Å². The van der Waals surface area contributed by atoms with Gasteiger partial charge in [0.15, 0.2) is 5.96 Å². The number of benzene rings is 1. The predicted octanol–water partition coefficient (Wildman–Crippen LogP) is 3.53. The van der Waals surface area contributed by atoms with Crippen LogP contribution in [0.4, 0.5) is 4.39 Å². The summed E-state index contributed by atoms with van der Waals surface area (Å²) in [6.07, 6.45) is 6.34. The van der Waals surface area contributed by atoms with Crippen LogP contribution in [0, 0.1) is 5.82 Å². The van der Waals surface area contributed by atoms with E-state index in [1.54, 1.807) is 12.1 Å². The lowest BCUT2D eigenvalue weighted by atomic mass is 9.96. The maximum Gasteiger partial charge on any atom is 0.191 e. The fourth-order valence-electron chi connectivity index (χ4n) is 2.89. The second kappa shape index (κ2) is 9.22. The summed E-state index contributed by atoms with van der Waals surface area (Å²) in [5, 5.41) is 6.67. The van der Waals surface area contributed by atoms with Gasteiger partial charge in [-0.25, -0.2) is 4.39 Å². The molecule has 25 heavy (non-hydrogen) atoms. The Morgan fingerprint density at radius 2 is 1.84 bits per heavy atom. The zero-order valence-corrected chi connectivity index (χ0v) is 16.9. The number of nitrogens with one attached hydrogen (secondary N) is 2. The van der Waals surface area contributed by atoms with E-state index >= 15 is 0 Å². The molecular weight excluding hydrogens is 430 g/mol. The molecule has 1 aliphatic carbocycles. The third kappa shape index (κ3) is 5.45. The highest BCUT2D eigenvalue weighted by Crippen LogP contribution is 2.48. The molecule has 1 aliphatic rings. The summed E-state index contributed by atoms with van der Waals surface area (Å²) in [4.78, 5) is 4.76. The zero-order valence-electron chi connectivity index (χ0n) is 14.5. The number of halogens is 2. The Kier molecular flexibility index (Phi) is 7.28. The monoisotopic (exact) mass is 456 g/mol. The third-order valence-corrected chi connectivity index (χ3v) is 4.52. The maximum absolute atomic E-state index is 13.1. The molecule has 1 aromatic carbocycles. The summed E-state index contributed by atoms with van der Waals surface area (Å²) in [5.74, 6) is 0.663. The van der Waals surface area contributed by atoms with E-state index in [1.807, 2.05) is 24.3 Å². The van der Waals surface area contributed by atoms with Gasteiger partial charge < -0.3 is 15.2 Å². The number of aromatic nitrogens is 1. The number of hydrogen-bond donors (Lipinski definition) is 2. The molecule has 0 amide bonds. The molecule has 0 unspecified atom stereocenters. The van der Waals surface area contributed by atoms with Gasteiger partial charge in [-0.05, 0) is 49.6 Å². The minimum Gasteiger partial charge on any atom is -0.357 e. The summed E-state index contributed by atoms with van der Waals surface area (Å²) in [6, 6.07) is 10.9. The Hall–Kier alpha value is -1.57. The number of aliphatic imine (C=N–C) groups is 1. The highest BCUT2D eigenvalue weighted by Gasteiger charge is 2.44. The van der Waals surface area contributed by atoms with E-state index in [1.165, 1.54) is 5.56 Å². The van der Waals surface area contributed by atoms with Gasteiger partial charge in [-0.15, -0.1) is 24.0 Å². The largest absolute Gasteiger partial charge is 0.357 e. The summed E-state index contributed by atoms with van der Waals surface area (Å²) in [7, 11) is 0. The normalized spacial score (nSPS) is 15.4. The van der Waals surface area contributed by atoms with E-state index in [2.05, 4.69) is 34.5 Å². The minimum absolute atomic E-state index is 0. The summed E-state index contributed by atoms with van der Waals surface area (Å²) < 4.78 is 15.3. The summed E-state index contributed by atoms with van der Waals surface area (Å²) in [5.41, 5.74) is 1.28. The number of rotatable bonds is 7. The Labute approximate surface area is 165 Å². The van der Waals surface area contributed by atoms with Crippen molar-refractivity contribution < 1.29 is 4.39 Å². The lowest BCUT2D eigenvalue weighted by molar-refractivity contribution is 0.622. The van der Waals surface area contributed by atoms with Crippen LogP contribution in [0.3, 0.4) is 0 Å². The second-order valence-electron chi connectivity index (χ2n) is 6.33. The first-order valence-corrected chi connectivity index (χ1v) is 8.61. The van der Waals surface area contributed by atoms with Crippen molar-refractivity contribution in [2.24, 2.45) is 4.99 Å². The molecule has 2 N–H and O–H groups in total. The van der Waals surface area contributed by atoms with Gasteiger partial charge in [-0.2, -0.15) is 0 Å². The SMILES string of the molecule is CCNC(=NCC1(c2ccc(F)cc2)CC1)NCCn1cccc1.I. The van der Waals surface area contributed by atoms with Gasteiger partial charge in [-0.1, -0.05) is 12.1 Å². The third-order valence-electron chi connectivity index (χ3n) is 4.52. The van der Waals surface area contributed by atoms with Crippen LogP contribution in [0.15, 0.2) is 53.8 Å². The minimum atomic E-state index is -0.182. The fraction of sp³-hybridized carbons (Fsp3) is 0.421. The van der Waals surface area contributed by atoms with Gasteiger partial charge >= 0.3 is 0 Å². The molecule has 0 radical (unpaired) electrons. The molecule has 1 heterocycles. The molecule has 0 bridgehead atoms. The Balaban J connectivity index is 0.00000225. The van der Waals surface area contributed by atoms with Crippen LogP contribution in [0.25, 0.3) is 0 Å². The van der Waals surface area contributed by atoms with Crippen LogP contribution in [0.1, 0.15) is 25.3 Å². The number of nitrogens with zero attached hydrogens (tertiary/aromatic N) is 2. The molecule has 6 heteroatoms. The summed E-state index contributed by atoms with van der Waals surface area (Å²) in [6.45, 7) is 5.36. The van der Waals surface area contributed by atoms with Crippen molar-refractivity contribution in [1.29, 1.82) is 0 Å². The molecule has 1 fully saturated rings. The van der Waals surface area contributed by atoms with Crippen molar-refractivity contribution in [3.8, 4) is 0 Å². The van der Waals surface area contributed by atoms with Crippen LogP contribution >= 0.6 is 24.0 Å². The van der Waals surface area contributed by atoms with Gasteiger partial charge in [-0.3, -0.25) is 4.99 Å². The molecular formula is C19H26FIN4. The molecule has 1 aromatic heterocycles. The fourth-order valence-corrected chi connectivity index (χ4v) is 2.89. The Bertz CT molecular complexity index is 663. The molecule has 0 saturated heterocycles. The van der Waals surface area contributed by atoms with Crippen molar-refractivity contribution in [2.75, 3.05) is 19.6 Å². The molecule has 3 rings (SSSR count). The van der Waals surface area contributed by atoms with Crippen molar-refractivity contribution >= 4 is 29.9 Å². The van der Waals surface area contributed by atoms with Crippen LogP contribution in [0.2, 0.25) is 0 Å². The van der Waals surface area contributed by atoms with Crippen molar-refractivity contribution in [2.45, 2.75) is 31.7 Å². The second-order valence-corrected chi connectivity index (χ2v) is 6.33. The molecule has 1 saturated carbocycles. The van der Waals surface area contributed by atoms with Crippen molar-refractivity contribution in [3.63, 3.8) is 0 Å². The predicted molar refractivity (Wildman–Crippen MR) is 111 cm³/mol. The lowest BCUT2D eigenvalue weighted by Gasteiger charge is -2.16. The van der Waals surface area contributed by atoms with Crippen LogP contribution in [-0.2, 0) is 12.0 Å². The van der Waals surface area contributed by atoms with Crippen molar-refractivity contribution in [3.05, 3.63) is 60.2 Å². The van der Waals surface area contributed by atoms with Gasteiger partial charge in [0.25, 0.3) is 0 Å². The van der Waals surface area contributed by atoms with Gasteiger partial charge in [0.05, 0.1) is 6.54 Å².